The molecule has 0 spiro atoms. The number of ether oxygens (including phenoxy) is 2. The van der Waals surface area contributed by atoms with Gasteiger partial charge < -0.3 is 19.7 Å². The van der Waals surface area contributed by atoms with Gasteiger partial charge in [0.2, 0.25) is 0 Å². The molecule has 0 saturated heterocycles. The van der Waals surface area contributed by atoms with Crippen LogP contribution in [0, 0.1) is 0 Å². The molecular weight excluding hydrogens is 432 g/mol. The molecule has 0 aromatic heterocycles. The Balaban J connectivity index is 0.000000213. The summed E-state index contributed by atoms with van der Waals surface area (Å²) in [5.41, 5.74) is 3.20. The van der Waals surface area contributed by atoms with Crippen LogP contribution in [0.2, 0.25) is 0 Å². The van der Waals surface area contributed by atoms with Crippen LogP contribution in [0.25, 0.3) is 0 Å². The molecule has 0 saturated carbocycles. The average Bonchev–Trinajstić information content (AvgIpc) is 3.52. The smallest absolute Gasteiger partial charge is 0.608 e. The van der Waals surface area contributed by atoms with E-state index in [1.165, 1.54) is 0 Å². The fourth-order valence-electron chi connectivity index (χ4n) is 2.63. The predicted octanol–water partition coefficient (Wildman–Crippen LogP) is 3.80. The summed E-state index contributed by atoms with van der Waals surface area (Å²) in [4.78, 5) is 0. The minimum Gasteiger partial charge on any atom is -0.608 e. The molecule has 0 atom stereocenters. The maximum absolute atomic E-state index is 11.5. The summed E-state index contributed by atoms with van der Waals surface area (Å²) in [6.45, 7) is 0.649. The average molecular weight is 454 g/mol. The topological polar surface area (TPSA) is 64.6 Å². The van der Waals surface area contributed by atoms with Crippen molar-refractivity contribution in [1.82, 2.24) is 0 Å². The van der Waals surface area contributed by atoms with Gasteiger partial charge in [0.25, 0.3) is 0 Å². The maximum Gasteiger partial charge on any atom is 2.00 e. The molecule has 2 aliphatic rings. The number of rotatable bonds is 6. The van der Waals surface area contributed by atoms with Gasteiger partial charge in [-0.1, -0.05) is 109 Å². The van der Waals surface area contributed by atoms with Crippen LogP contribution in [0.1, 0.15) is 11.1 Å². The van der Waals surface area contributed by atoms with Crippen LogP contribution in [0.3, 0.4) is 0 Å². The zero-order chi connectivity index (χ0) is 21.0. The van der Waals surface area contributed by atoms with E-state index in [9.17, 15) is 10.2 Å². The first kappa shape index (κ1) is 23.9. The summed E-state index contributed by atoms with van der Waals surface area (Å²) in [6.07, 6.45) is 14.2. The predicted molar refractivity (Wildman–Crippen MR) is 113 cm³/mol. The zero-order valence-electron chi connectivity index (χ0n) is 16.8. The van der Waals surface area contributed by atoms with E-state index in [1.807, 2.05) is 85.0 Å². The molecule has 0 N–H and O–H groups in total. The van der Waals surface area contributed by atoms with Crippen molar-refractivity contribution in [1.29, 1.82) is 0 Å². The van der Waals surface area contributed by atoms with E-state index in [-0.39, 0.29) is 29.0 Å². The number of allylic oxidation sites excluding steroid dienone is 10. The van der Waals surface area contributed by atoms with Crippen molar-refractivity contribution in [2.75, 3.05) is 0 Å². The standard InChI is InChI=1S/2C13H12O2.Fe/c2*14-13(12-8-4-5-9-12)15-10-11-6-2-1-3-7-11;/h2*1-9,14H,10H2;/q;;+2/p-2. The van der Waals surface area contributed by atoms with Crippen LogP contribution in [0.15, 0.2) is 132 Å². The van der Waals surface area contributed by atoms with Crippen LogP contribution in [0.5, 0.6) is 0 Å². The third-order valence-electron chi connectivity index (χ3n) is 4.22. The Morgan fingerprint density at radius 3 is 1.19 bits per heavy atom. The zero-order valence-corrected chi connectivity index (χ0v) is 17.9. The normalized spacial score (nSPS) is 12.8. The second-order valence-corrected chi connectivity index (χ2v) is 6.47. The van der Waals surface area contributed by atoms with E-state index < -0.39 is 0 Å². The van der Waals surface area contributed by atoms with Gasteiger partial charge in [0.05, 0.1) is 11.9 Å². The van der Waals surface area contributed by atoms with Crippen molar-refractivity contribution >= 4 is 0 Å². The Morgan fingerprint density at radius 2 is 0.871 bits per heavy atom. The third kappa shape index (κ3) is 8.09. The molecule has 4 rings (SSSR count). The number of benzene rings is 2. The van der Waals surface area contributed by atoms with Crippen molar-refractivity contribution in [2.24, 2.45) is 0 Å². The van der Waals surface area contributed by atoms with Crippen molar-refractivity contribution in [3.05, 3.63) is 143 Å². The molecule has 0 fully saturated rings. The van der Waals surface area contributed by atoms with Gasteiger partial charge in [0.15, 0.2) is 0 Å². The Labute approximate surface area is 193 Å². The number of hydrogen-bond donors (Lipinski definition) is 0. The fraction of sp³-hybridized carbons (Fsp3) is 0.0769. The van der Waals surface area contributed by atoms with Crippen molar-refractivity contribution in [2.45, 2.75) is 13.2 Å². The Kier molecular flexibility index (Phi) is 10.0. The Morgan fingerprint density at radius 1 is 0.548 bits per heavy atom. The van der Waals surface area contributed by atoms with Crippen molar-refractivity contribution < 1.29 is 36.8 Å². The molecule has 0 aliphatic heterocycles. The van der Waals surface area contributed by atoms with Crippen LogP contribution >= 0.6 is 0 Å². The summed E-state index contributed by atoms with van der Waals surface area (Å²) < 4.78 is 10.3. The largest absolute Gasteiger partial charge is 2.00 e. The van der Waals surface area contributed by atoms with Gasteiger partial charge in [-0.3, -0.25) is 0 Å². The maximum atomic E-state index is 11.5. The van der Waals surface area contributed by atoms with Crippen LogP contribution in [-0.4, -0.2) is 0 Å². The van der Waals surface area contributed by atoms with E-state index in [4.69, 9.17) is 9.47 Å². The van der Waals surface area contributed by atoms with Crippen LogP contribution < -0.4 is 10.2 Å². The first-order valence-corrected chi connectivity index (χ1v) is 9.58. The molecule has 0 radical (unpaired) electrons. The van der Waals surface area contributed by atoms with Crippen LogP contribution in [0.4, 0.5) is 0 Å². The second-order valence-electron chi connectivity index (χ2n) is 6.47. The van der Waals surface area contributed by atoms with Crippen molar-refractivity contribution in [3.8, 4) is 0 Å². The van der Waals surface area contributed by atoms with E-state index in [0.29, 0.717) is 24.4 Å². The number of hydrogen-bond acceptors (Lipinski definition) is 4. The van der Waals surface area contributed by atoms with E-state index >= 15 is 0 Å². The summed E-state index contributed by atoms with van der Waals surface area (Å²) >= 11 is 0. The molecule has 0 unspecified atom stereocenters. The second kappa shape index (κ2) is 13.0. The molecular formula is C26H22FeO4. The first-order valence-electron chi connectivity index (χ1n) is 9.58. The van der Waals surface area contributed by atoms with E-state index in [0.717, 1.165) is 11.1 Å². The summed E-state index contributed by atoms with van der Waals surface area (Å²) in [6, 6.07) is 19.3. The van der Waals surface area contributed by atoms with Crippen molar-refractivity contribution in [3.63, 3.8) is 0 Å². The molecule has 5 heteroatoms. The van der Waals surface area contributed by atoms with Gasteiger partial charge >= 0.3 is 17.1 Å². The van der Waals surface area contributed by atoms with Gasteiger partial charge in [-0.25, -0.2) is 0 Å². The molecule has 0 amide bonds. The van der Waals surface area contributed by atoms with Crippen LogP contribution in [-0.2, 0) is 39.8 Å². The fourth-order valence-corrected chi connectivity index (χ4v) is 2.63. The third-order valence-corrected chi connectivity index (χ3v) is 4.22. The van der Waals surface area contributed by atoms with Gasteiger partial charge in [-0.15, -0.1) is 0 Å². The first-order chi connectivity index (χ1) is 14.7. The minimum atomic E-state index is -0.274. The van der Waals surface area contributed by atoms with E-state index in [2.05, 4.69) is 0 Å². The Bertz CT molecular complexity index is 889. The molecule has 4 nitrogen and oxygen atoms in total. The quantitative estimate of drug-likeness (QED) is 0.492. The van der Waals surface area contributed by atoms with Gasteiger partial charge in [0, 0.05) is 13.2 Å². The molecule has 0 heterocycles. The SMILES string of the molecule is [Fe+2].[O-]C(OCc1ccccc1)=C1C=CC=C1.[O-]C(OCc1ccccc1)=C1C=CC=C1. The van der Waals surface area contributed by atoms with Gasteiger partial charge in [-0.05, 0) is 22.3 Å². The molecule has 2 aliphatic carbocycles. The summed E-state index contributed by atoms with van der Waals surface area (Å²) in [7, 11) is 0. The molecule has 2 aromatic carbocycles. The van der Waals surface area contributed by atoms with Gasteiger partial charge in [0.1, 0.15) is 0 Å². The molecule has 0 bridgehead atoms. The monoisotopic (exact) mass is 454 g/mol. The molecule has 31 heavy (non-hydrogen) atoms. The molecule has 2 aromatic rings. The van der Waals surface area contributed by atoms with E-state index in [1.54, 1.807) is 24.3 Å². The minimum absolute atomic E-state index is 0. The van der Waals surface area contributed by atoms with Gasteiger partial charge in [-0.2, -0.15) is 0 Å². The molecule has 158 valence electrons. The Hall–Kier alpha value is -3.40. The summed E-state index contributed by atoms with van der Waals surface area (Å²) in [5.74, 6) is -0.548. The summed E-state index contributed by atoms with van der Waals surface area (Å²) in [5, 5.41) is 22.9.